The lowest BCUT2D eigenvalue weighted by atomic mass is 10.2. The lowest BCUT2D eigenvalue weighted by molar-refractivity contribution is 0.409. The van der Waals surface area contributed by atoms with E-state index in [1.165, 1.54) is 18.5 Å². The van der Waals surface area contributed by atoms with E-state index < -0.39 is 0 Å². The number of nitrogens with zero attached hydrogens (tertiary/aromatic N) is 2. The summed E-state index contributed by atoms with van der Waals surface area (Å²) in [5.41, 5.74) is 0.894. The minimum Gasteiger partial charge on any atom is -0.343 e. The summed E-state index contributed by atoms with van der Waals surface area (Å²) < 4.78 is 18.4. The van der Waals surface area contributed by atoms with Crippen LogP contribution in [0, 0.1) is 5.82 Å². The molecule has 0 amide bonds. The van der Waals surface area contributed by atoms with Crippen molar-refractivity contribution < 1.29 is 8.91 Å². The van der Waals surface area contributed by atoms with Gasteiger partial charge in [0.1, 0.15) is 5.82 Å². The molecule has 2 aromatic rings. The minimum atomic E-state index is -0.241. The largest absolute Gasteiger partial charge is 0.343 e. The summed E-state index contributed by atoms with van der Waals surface area (Å²) in [4.78, 5) is 3.90. The molecule has 6 heteroatoms. The molecule has 1 N–H and O–H groups in total. The first-order chi connectivity index (χ1) is 8.24. The monoisotopic (exact) mass is 299 g/mol. The Morgan fingerprint density at radius 1 is 1.35 bits per heavy atom. The Kier molecular flexibility index (Phi) is 4.22. The lowest BCUT2D eigenvalue weighted by Gasteiger charge is -2.04. The van der Waals surface area contributed by atoms with E-state index in [1.54, 1.807) is 0 Å². The molecule has 4 nitrogen and oxygen atoms in total. The first-order valence-electron chi connectivity index (χ1n) is 5.15. The fraction of sp³-hybridized carbons (Fsp3) is 0.273. The Hall–Kier alpha value is -1.27. The van der Waals surface area contributed by atoms with Gasteiger partial charge in [0.05, 0.1) is 0 Å². The summed E-state index contributed by atoms with van der Waals surface area (Å²) in [6.45, 7) is 1.32. The highest BCUT2D eigenvalue weighted by Crippen LogP contribution is 2.14. The molecular formula is C11H11BrFN3O. The summed E-state index contributed by atoms with van der Waals surface area (Å²) in [7, 11) is 0. The smallest absolute Gasteiger partial charge is 0.213 e. The van der Waals surface area contributed by atoms with Crippen LogP contribution in [0.15, 0.2) is 33.6 Å². The molecule has 1 aromatic heterocycles. The van der Waals surface area contributed by atoms with Gasteiger partial charge in [0.2, 0.25) is 6.39 Å². The summed E-state index contributed by atoms with van der Waals surface area (Å²) in [6, 6.07) is 4.82. The van der Waals surface area contributed by atoms with Gasteiger partial charge in [0, 0.05) is 24.0 Å². The van der Waals surface area contributed by atoms with Gasteiger partial charge >= 0.3 is 0 Å². The maximum absolute atomic E-state index is 13.1. The van der Waals surface area contributed by atoms with E-state index in [-0.39, 0.29) is 5.82 Å². The molecule has 2 rings (SSSR count). The van der Waals surface area contributed by atoms with Crippen LogP contribution in [-0.2, 0) is 13.0 Å². The summed E-state index contributed by atoms with van der Waals surface area (Å²) in [5, 5.41) is 6.88. The Bertz CT molecular complexity index is 455. The van der Waals surface area contributed by atoms with Gasteiger partial charge in [0.15, 0.2) is 5.82 Å². The zero-order chi connectivity index (χ0) is 12.1. The highest BCUT2D eigenvalue weighted by atomic mass is 79.9. The van der Waals surface area contributed by atoms with E-state index >= 15 is 0 Å². The van der Waals surface area contributed by atoms with Crippen molar-refractivity contribution in [1.29, 1.82) is 0 Å². The van der Waals surface area contributed by atoms with E-state index in [1.807, 2.05) is 6.07 Å². The van der Waals surface area contributed by atoms with Crippen molar-refractivity contribution in [1.82, 2.24) is 15.5 Å². The second-order valence-corrected chi connectivity index (χ2v) is 4.47. The molecule has 0 aliphatic heterocycles. The van der Waals surface area contributed by atoms with Crippen molar-refractivity contribution in [2.45, 2.75) is 13.0 Å². The topological polar surface area (TPSA) is 51.0 Å². The Morgan fingerprint density at radius 3 is 2.94 bits per heavy atom. The fourth-order valence-electron chi connectivity index (χ4n) is 1.45. The number of hydrogen-bond acceptors (Lipinski definition) is 4. The predicted octanol–water partition coefficient (Wildman–Crippen LogP) is 2.30. The molecule has 0 bridgehead atoms. The number of aromatic nitrogens is 2. The van der Waals surface area contributed by atoms with E-state index in [2.05, 4.69) is 35.9 Å². The molecule has 0 unspecified atom stereocenters. The van der Waals surface area contributed by atoms with Crippen LogP contribution >= 0.6 is 15.9 Å². The Morgan fingerprint density at radius 2 is 2.24 bits per heavy atom. The fourth-order valence-corrected chi connectivity index (χ4v) is 1.96. The molecule has 1 aromatic carbocycles. The van der Waals surface area contributed by atoms with Crippen molar-refractivity contribution in [2.24, 2.45) is 0 Å². The van der Waals surface area contributed by atoms with E-state index in [0.29, 0.717) is 25.3 Å². The minimum absolute atomic E-state index is 0.241. The van der Waals surface area contributed by atoms with Crippen LogP contribution < -0.4 is 5.32 Å². The first kappa shape index (κ1) is 12.2. The number of halogens is 2. The molecule has 0 fully saturated rings. The molecule has 0 atom stereocenters. The normalized spacial score (nSPS) is 10.7. The lowest BCUT2D eigenvalue weighted by Crippen LogP contribution is -2.17. The van der Waals surface area contributed by atoms with Crippen molar-refractivity contribution >= 4 is 15.9 Å². The number of benzene rings is 1. The first-order valence-corrected chi connectivity index (χ1v) is 5.94. The van der Waals surface area contributed by atoms with Crippen molar-refractivity contribution in [3.8, 4) is 0 Å². The molecule has 0 saturated heterocycles. The SMILES string of the molecule is Fc1cc(Br)cc(CNCCc2ncon2)c1. The number of nitrogens with one attached hydrogen (secondary N) is 1. The van der Waals surface area contributed by atoms with Gasteiger partial charge in [0.25, 0.3) is 0 Å². The number of hydrogen-bond donors (Lipinski definition) is 1. The average molecular weight is 300 g/mol. The second-order valence-electron chi connectivity index (χ2n) is 3.55. The van der Waals surface area contributed by atoms with Gasteiger partial charge in [-0.1, -0.05) is 21.1 Å². The molecule has 0 spiro atoms. The molecular weight excluding hydrogens is 289 g/mol. The molecule has 0 radical (unpaired) electrons. The zero-order valence-corrected chi connectivity index (χ0v) is 10.6. The van der Waals surface area contributed by atoms with Crippen molar-refractivity contribution in [3.05, 3.63) is 46.3 Å². The van der Waals surface area contributed by atoms with Gasteiger partial charge in [-0.15, -0.1) is 0 Å². The van der Waals surface area contributed by atoms with Crippen LogP contribution in [0.5, 0.6) is 0 Å². The van der Waals surface area contributed by atoms with Gasteiger partial charge in [-0.3, -0.25) is 0 Å². The summed E-state index contributed by atoms with van der Waals surface area (Å²) >= 11 is 3.25. The van der Waals surface area contributed by atoms with Crippen molar-refractivity contribution in [2.75, 3.05) is 6.54 Å². The summed E-state index contributed by atoms with van der Waals surface area (Å²) in [5.74, 6) is 0.423. The van der Waals surface area contributed by atoms with Gasteiger partial charge in [-0.2, -0.15) is 4.98 Å². The van der Waals surface area contributed by atoms with Crippen LogP contribution in [0.1, 0.15) is 11.4 Å². The highest BCUT2D eigenvalue weighted by molar-refractivity contribution is 9.10. The maximum Gasteiger partial charge on any atom is 0.213 e. The average Bonchev–Trinajstić information content (AvgIpc) is 2.76. The highest BCUT2D eigenvalue weighted by Gasteiger charge is 2.00. The molecule has 0 aliphatic carbocycles. The quantitative estimate of drug-likeness (QED) is 0.861. The standard InChI is InChI=1S/C11H11BrFN3O/c12-9-3-8(4-10(13)5-9)6-14-2-1-11-15-7-17-16-11/h3-5,7,14H,1-2,6H2. The van der Waals surface area contributed by atoms with E-state index in [0.717, 1.165) is 10.0 Å². The van der Waals surface area contributed by atoms with Gasteiger partial charge in [-0.25, -0.2) is 4.39 Å². The predicted molar refractivity (Wildman–Crippen MR) is 63.8 cm³/mol. The van der Waals surface area contributed by atoms with Crippen LogP contribution in [0.3, 0.4) is 0 Å². The second kappa shape index (κ2) is 5.88. The van der Waals surface area contributed by atoms with Crippen LogP contribution in [-0.4, -0.2) is 16.7 Å². The van der Waals surface area contributed by atoms with Gasteiger partial charge in [-0.05, 0) is 23.8 Å². The van der Waals surface area contributed by atoms with Crippen molar-refractivity contribution in [3.63, 3.8) is 0 Å². The molecule has 0 saturated carbocycles. The van der Waals surface area contributed by atoms with Gasteiger partial charge < -0.3 is 9.84 Å². The number of rotatable bonds is 5. The molecule has 17 heavy (non-hydrogen) atoms. The third kappa shape index (κ3) is 3.90. The van der Waals surface area contributed by atoms with E-state index in [4.69, 9.17) is 0 Å². The molecule has 1 heterocycles. The molecule has 0 aliphatic rings. The third-order valence-corrected chi connectivity index (χ3v) is 2.64. The third-order valence-electron chi connectivity index (χ3n) is 2.18. The van der Waals surface area contributed by atoms with Crippen LogP contribution in [0.25, 0.3) is 0 Å². The molecule has 90 valence electrons. The van der Waals surface area contributed by atoms with Crippen LogP contribution in [0.4, 0.5) is 4.39 Å². The van der Waals surface area contributed by atoms with E-state index in [9.17, 15) is 4.39 Å². The maximum atomic E-state index is 13.1. The summed E-state index contributed by atoms with van der Waals surface area (Å²) in [6.07, 6.45) is 1.99. The zero-order valence-electron chi connectivity index (χ0n) is 8.99. The Balaban J connectivity index is 1.78. The Labute approximate surface area is 106 Å². The van der Waals surface area contributed by atoms with Crippen LogP contribution in [0.2, 0.25) is 0 Å².